The summed E-state index contributed by atoms with van der Waals surface area (Å²) in [6.07, 6.45) is 1.07. The van der Waals surface area contributed by atoms with Crippen LogP contribution in [0.4, 0.5) is 0 Å². The van der Waals surface area contributed by atoms with Gasteiger partial charge in [-0.25, -0.2) is 0 Å². The summed E-state index contributed by atoms with van der Waals surface area (Å²) in [5.41, 5.74) is 3.33. The molecule has 0 aliphatic rings. The SMILES string of the molecule is Cc1cc(C)n(CCCNCc2csnn2)n1. The Labute approximate surface area is 105 Å². The Kier molecular flexibility index (Phi) is 4.22. The summed E-state index contributed by atoms with van der Waals surface area (Å²) in [4.78, 5) is 0. The summed E-state index contributed by atoms with van der Waals surface area (Å²) < 4.78 is 5.88. The fourth-order valence-electron chi connectivity index (χ4n) is 1.73. The first-order chi connectivity index (χ1) is 8.25. The molecule has 1 N–H and O–H groups in total. The summed E-state index contributed by atoms with van der Waals surface area (Å²) in [7, 11) is 0. The maximum Gasteiger partial charge on any atom is 0.0893 e. The first-order valence-electron chi connectivity index (χ1n) is 5.73. The van der Waals surface area contributed by atoms with E-state index in [1.165, 1.54) is 17.2 Å². The van der Waals surface area contributed by atoms with Gasteiger partial charge in [0, 0.05) is 24.2 Å². The second-order valence-electron chi connectivity index (χ2n) is 4.08. The number of nitrogens with one attached hydrogen (secondary N) is 1. The minimum atomic E-state index is 0.799. The molecule has 0 aliphatic carbocycles. The van der Waals surface area contributed by atoms with Crippen LogP contribution in [0.1, 0.15) is 23.5 Å². The molecule has 2 rings (SSSR count). The Morgan fingerprint density at radius 1 is 1.41 bits per heavy atom. The molecule has 2 aromatic rings. The molecular weight excluding hydrogens is 234 g/mol. The maximum absolute atomic E-state index is 4.43. The van der Waals surface area contributed by atoms with Crippen LogP contribution < -0.4 is 5.32 Å². The van der Waals surface area contributed by atoms with Crippen LogP contribution in [0.25, 0.3) is 0 Å². The lowest BCUT2D eigenvalue weighted by molar-refractivity contribution is 0.530. The van der Waals surface area contributed by atoms with E-state index in [1.54, 1.807) is 0 Å². The van der Waals surface area contributed by atoms with Crippen LogP contribution in [-0.2, 0) is 13.1 Å². The summed E-state index contributed by atoms with van der Waals surface area (Å²) in [5.74, 6) is 0. The normalized spacial score (nSPS) is 10.9. The molecule has 0 spiro atoms. The van der Waals surface area contributed by atoms with Crippen molar-refractivity contribution in [2.24, 2.45) is 0 Å². The molecule has 2 heterocycles. The highest BCUT2D eigenvalue weighted by molar-refractivity contribution is 7.03. The molecule has 0 amide bonds. The Morgan fingerprint density at radius 2 is 2.29 bits per heavy atom. The molecule has 5 nitrogen and oxygen atoms in total. The van der Waals surface area contributed by atoms with Crippen LogP contribution in [0.5, 0.6) is 0 Å². The van der Waals surface area contributed by atoms with Crippen molar-refractivity contribution in [2.75, 3.05) is 6.54 Å². The molecule has 0 saturated heterocycles. The Bertz CT molecular complexity index is 448. The minimum Gasteiger partial charge on any atom is -0.311 e. The van der Waals surface area contributed by atoms with Crippen molar-refractivity contribution < 1.29 is 0 Å². The van der Waals surface area contributed by atoms with Crippen molar-refractivity contribution >= 4 is 11.5 Å². The number of hydrogen-bond donors (Lipinski definition) is 1. The number of rotatable bonds is 6. The molecule has 2 aromatic heterocycles. The molecule has 6 heteroatoms. The zero-order chi connectivity index (χ0) is 12.1. The van der Waals surface area contributed by atoms with Gasteiger partial charge in [-0.3, -0.25) is 4.68 Å². The van der Waals surface area contributed by atoms with Gasteiger partial charge in [0.05, 0.1) is 11.4 Å². The largest absolute Gasteiger partial charge is 0.311 e. The first-order valence-corrected chi connectivity index (χ1v) is 6.57. The molecule has 0 bridgehead atoms. The van der Waals surface area contributed by atoms with E-state index in [2.05, 4.69) is 37.7 Å². The number of hydrogen-bond acceptors (Lipinski definition) is 5. The summed E-state index contributed by atoms with van der Waals surface area (Å²) in [5, 5.41) is 13.7. The van der Waals surface area contributed by atoms with Gasteiger partial charge in [0.2, 0.25) is 0 Å². The van der Waals surface area contributed by atoms with Crippen LogP contribution in [0, 0.1) is 13.8 Å². The third-order valence-electron chi connectivity index (χ3n) is 2.54. The first kappa shape index (κ1) is 12.2. The van der Waals surface area contributed by atoms with Gasteiger partial charge in [-0.15, -0.1) is 5.10 Å². The van der Waals surface area contributed by atoms with E-state index >= 15 is 0 Å². The Morgan fingerprint density at radius 3 is 2.94 bits per heavy atom. The fourth-order valence-corrected chi connectivity index (χ4v) is 2.18. The van der Waals surface area contributed by atoms with Crippen LogP contribution in [-0.4, -0.2) is 25.9 Å². The van der Waals surface area contributed by atoms with Gasteiger partial charge in [-0.1, -0.05) is 4.49 Å². The molecule has 0 aromatic carbocycles. The zero-order valence-corrected chi connectivity index (χ0v) is 11.0. The lowest BCUT2D eigenvalue weighted by Crippen LogP contribution is -2.17. The number of aryl methyl sites for hydroxylation is 3. The summed E-state index contributed by atoms with van der Waals surface area (Å²) >= 11 is 1.39. The zero-order valence-electron chi connectivity index (χ0n) is 10.2. The van der Waals surface area contributed by atoms with Gasteiger partial charge in [-0.2, -0.15) is 5.10 Å². The average molecular weight is 251 g/mol. The number of aromatic nitrogens is 4. The van der Waals surface area contributed by atoms with Crippen LogP contribution in [0.3, 0.4) is 0 Å². The molecule has 0 saturated carbocycles. The fraction of sp³-hybridized carbons (Fsp3) is 0.545. The van der Waals surface area contributed by atoms with Crippen molar-refractivity contribution in [1.82, 2.24) is 24.7 Å². The van der Waals surface area contributed by atoms with Crippen LogP contribution in [0.15, 0.2) is 11.4 Å². The topological polar surface area (TPSA) is 55.6 Å². The van der Waals surface area contributed by atoms with E-state index in [9.17, 15) is 0 Å². The van der Waals surface area contributed by atoms with E-state index in [0.29, 0.717) is 0 Å². The quantitative estimate of drug-likeness (QED) is 0.791. The van der Waals surface area contributed by atoms with Crippen molar-refractivity contribution in [1.29, 1.82) is 0 Å². The lowest BCUT2D eigenvalue weighted by atomic mass is 10.3. The highest BCUT2D eigenvalue weighted by atomic mass is 32.1. The molecule has 0 unspecified atom stereocenters. The second kappa shape index (κ2) is 5.88. The van der Waals surface area contributed by atoms with E-state index < -0.39 is 0 Å². The van der Waals surface area contributed by atoms with Gasteiger partial charge in [0.1, 0.15) is 0 Å². The van der Waals surface area contributed by atoms with Crippen molar-refractivity contribution in [3.63, 3.8) is 0 Å². The van der Waals surface area contributed by atoms with Crippen LogP contribution >= 0.6 is 11.5 Å². The van der Waals surface area contributed by atoms with E-state index in [0.717, 1.165) is 37.4 Å². The van der Waals surface area contributed by atoms with Gasteiger partial charge < -0.3 is 5.32 Å². The predicted octanol–water partition coefficient (Wildman–Crippen LogP) is 1.53. The third kappa shape index (κ3) is 3.61. The summed E-state index contributed by atoms with van der Waals surface area (Å²) in [6.45, 7) is 6.84. The van der Waals surface area contributed by atoms with E-state index in [4.69, 9.17) is 0 Å². The second-order valence-corrected chi connectivity index (χ2v) is 4.69. The highest BCUT2D eigenvalue weighted by Crippen LogP contribution is 2.02. The number of nitrogens with zero attached hydrogens (tertiary/aromatic N) is 4. The highest BCUT2D eigenvalue weighted by Gasteiger charge is 2.00. The summed E-state index contributed by atoms with van der Waals surface area (Å²) in [6, 6.07) is 2.11. The van der Waals surface area contributed by atoms with Crippen molar-refractivity contribution in [3.05, 3.63) is 28.5 Å². The smallest absolute Gasteiger partial charge is 0.0893 e. The maximum atomic E-state index is 4.43. The molecular formula is C11H17N5S. The van der Waals surface area contributed by atoms with Gasteiger partial charge in [0.15, 0.2) is 0 Å². The Hall–Kier alpha value is -1.27. The molecule has 0 aliphatic heterocycles. The van der Waals surface area contributed by atoms with Gasteiger partial charge in [0.25, 0.3) is 0 Å². The van der Waals surface area contributed by atoms with Crippen LogP contribution in [0.2, 0.25) is 0 Å². The third-order valence-corrected chi connectivity index (χ3v) is 3.09. The molecule has 0 fully saturated rings. The van der Waals surface area contributed by atoms with E-state index in [1.807, 2.05) is 12.3 Å². The predicted molar refractivity (Wildman–Crippen MR) is 67.9 cm³/mol. The standard InChI is InChI=1S/C11H17N5S/c1-9-6-10(2)16(14-9)5-3-4-12-7-11-8-17-15-13-11/h6,8,12H,3-5,7H2,1-2H3. The minimum absolute atomic E-state index is 0.799. The molecule has 0 atom stereocenters. The molecule has 0 radical (unpaired) electrons. The Balaban J connectivity index is 1.65. The van der Waals surface area contributed by atoms with E-state index in [-0.39, 0.29) is 0 Å². The average Bonchev–Trinajstić information content (AvgIpc) is 2.89. The van der Waals surface area contributed by atoms with Gasteiger partial charge in [-0.05, 0) is 44.4 Å². The molecule has 17 heavy (non-hydrogen) atoms. The monoisotopic (exact) mass is 251 g/mol. The lowest BCUT2D eigenvalue weighted by Gasteiger charge is -2.05. The van der Waals surface area contributed by atoms with Gasteiger partial charge >= 0.3 is 0 Å². The molecule has 92 valence electrons. The van der Waals surface area contributed by atoms with Crippen molar-refractivity contribution in [3.8, 4) is 0 Å². The van der Waals surface area contributed by atoms with Crippen molar-refractivity contribution in [2.45, 2.75) is 33.4 Å².